The predicted molar refractivity (Wildman–Crippen MR) is 89.8 cm³/mol. The molecule has 0 aromatic carbocycles. The highest BCUT2D eigenvalue weighted by Crippen LogP contribution is 2.11. The van der Waals surface area contributed by atoms with Crippen LogP contribution in [0.5, 0.6) is 0 Å². The first-order valence-corrected chi connectivity index (χ1v) is 8.67. The molecule has 0 spiro atoms. The Morgan fingerprint density at radius 2 is 1.55 bits per heavy atom. The van der Waals surface area contributed by atoms with Crippen LogP contribution in [-0.2, 0) is 0 Å². The maximum absolute atomic E-state index is 9.74. The fourth-order valence-electron chi connectivity index (χ4n) is 2.27. The lowest BCUT2D eigenvalue weighted by molar-refractivity contribution is 0.116. The lowest BCUT2D eigenvalue weighted by Crippen LogP contribution is -2.18. The van der Waals surface area contributed by atoms with Crippen molar-refractivity contribution < 1.29 is 5.11 Å². The SMILES string of the molecule is C=C(CCC(O)C(C)C)NCCCCCCCCCC. The topological polar surface area (TPSA) is 32.3 Å². The van der Waals surface area contributed by atoms with Crippen molar-refractivity contribution >= 4 is 0 Å². The van der Waals surface area contributed by atoms with Crippen molar-refractivity contribution in [2.45, 2.75) is 91.1 Å². The molecule has 0 saturated carbocycles. The minimum atomic E-state index is -0.198. The van der Waals surface area contributed by atoms with Gasteiger partial charge in [-0.05, 0) is 25.2 Å². The monoisotopic (exact) mass is 283 g/mol. The van der Waals surface area contributed by atoms with Gasteiger partial charge in [-0.2, -0.15) is 0 Å². The molecule has 2 heteroatoms. The Kier molecular flexibility index (Phi) is 13.1. The Morgan fingerprint density at radius 3 is 2.10 bits per heavy atom. The summed E-state index contributed by atoms with van der Waals surface area (Å²) in [5, 5.41) is 13.1. The van der Waals surface area contributed by atoms with Gasteiger partial charge in [0.1, 0.15) is 0 Å². The lowest BCUT2D eigenvalue weighted by Gasteiger charge is -2.15. The van der Waals surface area contributed by atoms with Gasteiger partial charge in [0.05, 0.1) is 6.10 Å². The number of nitrogens with one attached hydrogen (secondary N) is 1. The Hall–Kier alpha value is -0.500. The molecular formula is C18H37NO. The average Bonchev–Trinajstić information content (AvgIpc) is 2.42. The summed E-state index contributed by atoms with van der Waals surface area (Å²) in [5.41, 5.74) is 1.08. The summed E-state index contributed by atoms with van der Waals surface area (Å²) in [6.07, 6.45) is 12.4. The van der Waals surface area contributed by atoms with Crippen LogP contribution in [-0.4, -0.2) is 17.8 Å². The summed E-state index contributed by atoms with van der Waals surface area (Å²) < 4.78 is 0. The minimum absolute atomic E-state index is 0.198. The maximum atomic E-state index is 9.74. The molecule has 0 bridgehead atoms. The largest absolute Gasteiger partial charge is 0.393 e. The van der Waals surface area contributed by atoms with E-state index in [0.717, 1.165) is 25.1 Å². The predicted octanol–water partition coefficient (Wildman–Crippen LogP) is 5.03. The molecular weight excluding hydrogens is 246 g/mol. The summed E-state index contributed by atoms with van der Waals surface area (Å²) in [6, 6.07) is 0. The van der Waals surface area contributed by atoms with Gasteiger partial charge in [-0.25, -0.2) is 0 Å². The zero-order valence-corrected chi connectivity index (χ0v) is 14.1. The summed E-state index contributed by atoms with van der Waals surface area (Å²) in [4.78, 5) is 0. The van der Waals surface area contributed by atoms with Gasteiger partial charge < -0.3 is 10.4 Å². The molecule has 0 aromatic heterocycles. The lowest BCUT2D eigenvalue weighted by atomic mass is 10.0. The second kappa shape index (κ2) is 13.5. The minimum Gasteiger partial charge on any atom is -0.393 e. The van der Waals surface area contributed by atoms with Crippen LogP contribution in [0.3, 0.4) is 0 Å². The number of hydrogen-bond donors (Lipinski definition) is 2. The number of hydrogen-bond acceptors (Lipinski definition) is 2. The van der Waals surface area contributed by atoms with Crippen LogP contribution in [0.25, 0.3) is 0 Å². The van der Waals surface area contributed by atoms with Crippen LogP contribution < -0.4 is 5.32 Å². The Labute approximate surface area is 127 Å². The molecule has 0 aromatic rings. The van der Waals surface area contributed by atoms with Gasteiger partial charge in [0.25, 0.3) is 0 Å². The molecule has 0 amide bonds. The molecule has 0 saturated heterocycles. The van der Waals surface area contributed by atoms with Crippen LogP contribution in [0.2, 0.25) is 0 Å². The van der Waals surface area contributed by atoms with E-state index in [1.807, 2.05) is 0 Å². The second-order valence-corrected chi connectivity index (χ2v) is 6.36. The molecule has 0 rings (SSSR count). The highest BCUT2D eigenvalue weighted by molar-refractivity contribution is 4.91. The zero-order valence-electron chi connectivity index (χ0n) is 14.1. The normalized spacial score (nSPS) is 12.7. The van der Waals surface area contributed by atoms with Crippen molar-refractivity contribution in [3.63, 3.8) is 0 Å². The van der Waals surface area contributed by atoms with Crippen molar-refractivity contribution in [2.75, 3.05) is 6.54 Å². The quantitative estimate of drug-likeness (QED) is 0.438. The van der Waals surface area contributed by atoms with Crippen molar-refractivity contribution in [1.29, 1.82) is 0 Å². The molecule has 0 aliphatic rings. The molecule has 0 heterocycles. The van der Waals surface area contributed by atoms with Crippen molar-refractivity contribution in [2.24, 2.45) is 5.92 Å². The summed E-state index contributed by atoms with van der Waals surface area (Å²) in [6.45, 7) is 11.4. The molecule has 120 valence electrons. The number of allylic oxidation sites excluding steroid dienone is 1. The molecule has 1 unspecified atom stereocenters. The summed E-state index contributed by atoms with van der Waals surface area (Å²) >= 11 is 0. The first-order valence-electron chi connectivity index (χ1n) is 8.67. The van der Waals surface area contributed by atoms with Crippen LogP contribution in [0.15, 0.2) is 12.3 Å². The van der Waals surface area contributed by atoms with Gasteiger partial charge in [-0.1, -0.05) is 72.3 Å². The third-order valence-electron chi connectivity index (χ3n) is 3.92. The van der Waals surface area contributed by atoms with E-state index in [9.17, 15) is 5.11 Å². The summed E-state index contributed by atoms with van der Waals surface area (Å²) in [7, 11) is 0. The second-order valence-electron chi connectivity index (χ2n) is 6.36. The van der Waals surface area contributed by atoms with E-state index >= 15 is 0 Å². The van der Waals surface area contributed by atoms with E-state index in [0.29, 0.717) is 5.92 Å². The Bertz CT molecular complexity index is 225. The van der Waals surface area contributed by atoms with Crippen LogP contribution in [0, 0.1) is 5.92 Å². The fraction of sp³-hybridized carbons (Fsp3) is 0.889. The first-order chi connectivity index (χ1) is 9.57. The van der Waals surface area contributed by atoms with Crippen molar-refractivity contribution in [3.8, 4) is 0 Å². The van der Waals surface area contributed by atoms with Crippen molar-refractivity contribution in [3.05, 3.63) is 12.3 Å². The number of aliphatic hydroxyl groups is 1. The number of unbranched alkanes of at least 4 members (excludes halogenated alkanes) is 7. The van der Waals surface area contributed by atoms with Gasteiger partial charge in [-0.3, -0.25) is 0 Å². The van der Waals surface area contributed by atoms with Gasteiger partial charge in [0.15, 0.2) is 0 Å². The van der Waals surface area contributed by atoms with E-state index < -0.39 is 0 Å². The van der Waals surface area contributed by atoms with E-state index in [4.69, 9.17) is 0 Å². The van der Waals surface area contributed by atoms with Gasteiger partial charge in [-0.15, -0.1) is 0 Å². The Balaban J connectivity index is 3.27. The van der Waals surface area contributed by atoms with Crippen molar-refractivity contribution in [1.82, 2.24) is 5.32 Å². The molecule has 2 nitrogen and oxygen atoms in total. The molecule has 0 aliphatic heterocycles. The third kappa shape index (κ3) is 12.5. The van der Waals surface area contributed by atoms with E-state index in [2.05, 4.69) is 32.7 Å². The van der Waals surface area contributed by atoms with Gasteiger partial charge in [0.2, 0.25) is 0 Å². The fourth-order valence-corrected chi connectivity index (χ4v) is 2.27. The van der Waals surface area contributed by atoms with Crippen LogP contribution in [0.4, 0.5) is 0 Å². The van der Waals surface area contributed by atoms with E-state index in [-0.39, 0.29) is 6.10 Å². The van der Waals surface area contributed by atoms with Crippen LogP contribution >= 0.6 is 0 Å². The molecule has 1 atom stereocenters. The molecule has 20 heavy (non-hydrogen) atoms. The average molecular weight is 283 g/mol. The maximum Gasteiger partial charge on any atom is 0.0566 e. The summed E-state index contributed by atoms with van der Waals surface area (Å²) in [5.74, 6) is 0.343. The molecule has 2 N–H and O–H groups in total. The van der Waals surface area contributed by atoms with Crippen LogP contribution in [0.1, 0.15) is 85.0 Å². The molecule has 0 radical (unpaired) electrons. The molecule has 0 aliphatic carbocycles. The Morgan fingerprint density at radius 1 is 1.00 bits per heavy atom. The van der Waals surface area contributed by atoms with Gasteiger partial charge >= 0.3 is 0 Å². The number of aliphatic hydroxyl groups excluding tert-OH is 1. The number of rotatable bonds is 14. The zero-order chi connectivity index (χ0) is 15.2. The highest BCUT2D eigenvalue weighted by atomic mass is 16.3. The first kappa shape index (κ1) is 19.5. The molecule has 0 fully saturated rings. The standard InChI is InChI=1S/C18H37NO/c1-5-6-7-8-9-10-11-12-15-19-17(4)13-14-18(20)16(2)3/h16,18-20H,4-15H2,1-3H3. The van der Waals surface area contributed by atoms with Gasteiger partial charge in [0, 0.05) is 12.2 Å². The highest BCUT2D eigenvalue weighted by Gasteiger charge is 2.08. The van der Waals surface area contributed by atoms with E-state index in [1.54, 1.807) is 0 Å². The smallest absolute Gasteiger partial charge is 0.0566 e. The third-order valence-corrected chi connectivity index (χ3v) is 3.92. The van der Waals surface area contributed by atoms with E-state index in [1.165, 1.54) is 51.4 Å².